The van der Waals surface area contributed by atoms with Crippen LogP contribution >= 0.6 is 11.8 Å². The summed E-state index contributed by atoms with van der Waals surface area (Å²) in [6.45, 7) is 2.30. The molecule has 0 saturated heterocycles. The minimum atomic E-state index is -4.44. The van der Waals surface area contributed by atoms with Gasteiger partial charge in [0, 0.05) is 17.9 Å². The highest BCUT2D eigenvalue weighted by molar-refractivity contribution is 7.99. The standard InChI is InChI=1S/C13H18F3N3S/c1-2-17-12-18-10(13(14,15)16)8-11(19-12)20-9-6-4-3-5-7-9/h8-9H,2-7H2,1H3,(H,17,18,19). The molecule has 1 N–H and O–H groups in total. The molecule has 3 nitrogen and oxygen atoms in total. The molecule has 1 aromatic rings. The summed E-state index contributed by atoms with van der Waals surface area (Å²) in [7, 11) is 0. The van der Waals surface area contributed by atoms with E-state index in [0.29, 0.717) is 16.8 Å². The highest BCUT2D eigenvalue weighted by Gasteiger charge is 2.34. The van der Waals surface area contributed by atoms with E-state index < -0.39 is 11.9 Å². The maximum Gasteiger partial charge on any atom is 0.433 e. The van der Waals surface area contributed by atoms with Crippen LogP contribution in [0.25, 0.3) is 0 Å². The first-order chi connectivity index (χ1) is 9.49. The SMILES string of the molecule is CCNc1nc(SC2CCCCC2)cc(C(F)(F)F)n1. The van der Waals surface area contributed by atoms with E-state index in [1.165, 1.54) is 18.2 Å². The Morgan fingerprint density at radius 3 is 2.55 bits per heavy atom. The fraction of sp³-hybridized carbons (Fsp3) is 0.692. The van der Waals surface area contributed by atoms with E-state index in [0.717, 1.165) is 31.7 Å². The molecule has 1 aliphatic carbocycles. The zero-order chi connectivity index (χ0) is 14.6. The first-order valence-electron chi connectivity index (χ1n) is 6.86. The first kappa shape index (κ1) is 15.4. The molecule has 112 valence electrons. The summed E-state index contributed by atoms with van der Waals surface area (Å²) in [6.07, 6.45) is 1.18. The van der Waals surface area contributed by atoms with Gasteiger partial charge in [-0.05, 0) is 19.8 Å². The maximum atomic E-state index is 12.8. The van der Waals surface area contributed by atoms with Gasteiger partial charge in [-0.3, -0.25) is 0 Å². The molecule has 2 rings (SSSR count). The van der Waals surface area contributed by atoms with Gasteiger partial charge in [-0.15, -0.1) is 11.8 Å². The van der Waals surface area contributed by atoms with Crippen LogP contribution in [-0.4, -0.2) is 21.8 Å². The fourth-order valence-electron chi connectivity index (χ4n) is 2.22. The minimum Gasteiger partial charge on any atom is -0.354 e. The molecule has 0 aliphatic heterocycles. The second-order valence-electron chi connectivity index (χ2n) is 4.82. The summed E-state index contributed by atoms with van der Waals surface area (Å²) < 4.78 is 38.5. The van der Waals surface area contributed by atoms with Crippen LogP contribution in [-0.2, 0) is 6.18 Å². The number of hydrogen-bond acceptors (Lipinski definition) is 4. The van der Waals surface area contributed by atoms with E-state index in [4.69, 9.17) is 0 Å². The van der Waals surface area contributed by atoms with E-state index >= 15 is 0 Å². The van der Waals surface area contributed by atoms with E-state index in [1.54, 1.807) is 6.92 Å². The second-order valence-corrected chi connectivity index (χ2v) is 6.14. The molecule has 0 amide bonds. The van der Waals surface area contributed by atoms with Gasteiger partial charge in [0.25, 0.3) is 0 Å². The Labute approximate surface area is 120 Å². The number of rotatable bonds is 4. The van der Waals surface area contributed by atoms with Crippen LogP contribution in [0.3, 0.4) is 0 Å². The lowest BCUT2D eigenvalue weighted by Crippen LogP contribution is -2.14. The van der Waals surface area contributed by atoms with E-state index in [2.05, 4.69) is 15.3 Å². The quantitative estimate of drug-likeness (QED) is 0.839. The molecule has 1 aliphatic rings. The van der Waals surface area contributed by atoms with Gasteiger partial charge in [-0.1, -0.05) is 19.3 Å². The van der Waals surface area contributed by atoms with Gasteiger partial charge in [0.2, 0.25) is 5.95 Å². The van der Waals surface area contributed by atoms with Crippen LogP contribution < -0.4 is 5.32 Å². The lowest BCUT2D eigenvalue weighted by atomic mass is 10.0. The number of alkyl halides is 3. The number of nitrogens with zero attached hydrogens (tertiary/aromatic N) is 2. The van der Waals surface area contributed by atoms with Crippen molar-refractivity contribution >= 4 is 17.7 Å². The molecule has 1 saturated carbocycles. The van der Waals surface area contributed by atoms with Crippen LogP contribution in [0.15, 0.2) is 11.1 Å². The highest BCUT2D eigenvalue weighted by atomic mass is 32.2. The molecule has 0 atom stereocenters. The third-order valence-corrected chi connectivity index (χ3v) is 4.42. The Morgan fingerprint density at radius 1 is 1.25 bits per heavy atom. The average molecular weight is 305 g/mol. The minimum absolute atomic E-state index is 0.0561. The zero-order valence-electron chi connectivity index (χ0n) is 11.3. The summed E-state index contributed by atoms with van der Waals surface area (Å²) in [6, 6.07) is 1.06. The lowest BCUT2D eigenvalue weighted by Gasteiger charge is -2.21. The second kappa shape index (κ2) is 6.65. The van der Waals surface area contributed by atoms with Crippen molar-refractivity contribution in [1.29, 1.82) is 0 Å². The van der Waals surface area contributed by atoms with Crippen molar-refractivity contribution in [1.82, 2.24) is 9.97 Å². The zero-order valence-corrected chi connectivity index (χ0v) is 12.2. The van der Waals surface area contributed by atoms with Crippen molar-refractivity contribution in [2.45, 2.75) is 55.5 Å². The Bertz CT molecular complexity index is 445. The van der Waals surface area contributed by atoms with Crippen molar-refractivity contribution in [3.63, 3.8) is 0 Å². The summed E-state index contributed by atoms with van der Waals surface area (Å²) in [5, 5.41) is 3.54. The van der Waals surface area contributed by atoms with Crippen LogP contribution in [0.2, 0.25) is 0 Å². The van der Waals surface area contributed by atoms with E-state index in [1.807, 2.05) is 0 Å². The molecule has 0 spiro atoms. The number of thioether (sulfide) groups is 1. The maximum absolute atomic E-state index is 12.8. The highest BCUT2D eigenvalue weighted by Crippen LogP contribution is 2.35. The van der Waals surface area contributed by atoms with Gasteiger partial charge in [0.15, 0.2) is 5.69 Å². The summed E-state index contributed by atoms with van der Waals surface area (Å²) in [5.41, 5.74) is -0.873. The molecule has 20 heavy (non-hydrogen) atoms. The number of aromatic nitrogens is 2. The molecule has 0 radical (unpaired) electrons. The number of nitrogens with one attached hydrogen (secondary N) is 1. The lowest BCUT2D eigenvalue weighted by molar-refractivity contribution is -0.141. The number of anilines is 1. The van der Waals surface area contributed by atoms with Gasteiger partial charge in [-0.2, -0.15) is 13.2 Å². The topological polar surface area (TPSA) is 37.8 Å². The normalized spacial score (nSPS) is 17.2. The van der Waals surface area contributed by atoms with Gasteiger partial charge >= 0.3 is 6.18 Å². The van der Waals surface area contributed by atoms with Crippen LogP contribution in [0.4, 0.5) is 19.1 Å². The van der Waals surface area contributed by atoms with Gasteiger partial charge in [0.05, 0.1) is 0 Å². The molecule has 1 heterocycles. The number of halogens is 3. The predicted octanol–water partition coefficient (Wildman–Crippen LogP) is 4.35. The Morgan fingerprint density at radius 2 is 1.95 bits per heavy atom. The van der Waals surface area contributed by atoms with Gasteiger partial charge in [0.1, 0.15) is 5.03 Å². The van der Waals surface area contributed by atoms with Crippen molar-refractivity contribution in [3.8, 4) is 0 Å². The van der Waals surface area contributed by atoms with Crippen LogP contribution in [0.1, 0.15) is 44.7 Å². The van der Waals surface area contributed by atoms with Gasteiger partial charge in [-0.25, -0.2) is 9.97 Å². The van der Waals surface area contributed by atoms with Crippen molar-refractivity contribution in [2.75, 3.05) is 11.9 Å². The smallest absolute Gasteiger partial charge is 0.354 e. The molecule has 7 heteroatoms. The molecular weight excluding hydrogens is 287 g/mol. The molecule has 1 aromatic heterocycles. The first-order valence-corrected chi connectivity index (χ1v) is 7.74. The molecule has 0 aromatic carbocycles. The van der Waals surface area contributed by atoms with Gasteiger partial charge < -0.3 is 5.32 Å². The number of hydrogen-bond donors (Lipinski definition) is 1. The average Bonchev–Trinajstić information content (AvgIpc) is 2.39. The molecule has 0 bridgehead atoms. The largest absolute Gasteiger partial charge is 0.433 e. The van der Waals surface area contributed by atoms with Crippen LogP contribution in [0.5, 0.6) is 0 Å². The molecular formula is C13H18F3N3S. The third-order valence-electron chi connectivity index (χ3n) is 3.17. The van der Waals surface area contributed by atoms with E-state index in [-0.39, 0.29) is 5.95 Å². The summed E-state index contributed by atoms with van der Waals surface area (Å²) >= 11 is 1.44. The summed E-state index contributed by atoms with van der Waals surface area (Å²) in [5.74, 6) is 0.0561. The molecule has 1 fully saturated rings. The van der Waals surface area contributed by atoms with Crippen LogP contribution in [0, 0.1) is 0 Å². The Kier molecular flexibility index (Phi) is 5.12. The van der Waals surface area contributed by atoms with E-state index in [9.17, 15) is 13.2 Å². The van der Waals surface area contributed by atoms with Crippen molar-refractivity contribution < 1.29 is 13.2 Å². The predicted molar refractivity (Wildman–Crippen MR) is 73.9 cm³/mol. The van der Waals surface area contributed by atoms with Crippen molar-refractivity contribution in [2.24, 2.45) is 0 Å². The third kappa shape index (κ3) is 4.26. The monoisotopic (exact) mass is 305 g/mol. The summed E-state index contributed by atoms with van der Waals surface area (Å²) in [4.78, 5) is 7.70. The van der Waals surface area contributed by atoms with Crippen molar-refractivity contribution in [3.05, 3.63) is 11.8 Å². The molecule has 0 unspecified atom stereocenters. The Balaban J connectivity index is 2.19. The fourth-order valence-corrected chi connectivity index (χ4v) is 3.45. The Hall–Kier alpha value is -0.980.